The molecule has 1 aromatic heterocycles. The van der Waals surface area contributed by atoms with Crippen molar-refractivity contribution >= 4 is 35.0 Å². The van der Waals surface area contributed by atoms with Gasteiger partial charge in [0.25, 0.3) is 0 Å². The van der Waals surface area contributed by atoms with Gasteiger partial charge in [-0.2, -0.15) is 0 Å². The maximum atomic E-state index is 6.41. The lowest BCUT2D eigenvalue weighted by atomic mass is 10.2. The molecule has 0 bridgehead atoms. The SMILES string of the molecule is Clc1ccc(N(CC=Cc2ccccc2)CCc2ncc[nH]2)c(Cl)c1. The van der Waals surface area contributed by atoms with E-state index >= 15 is 0 Å². The molecule has 1 N–H and O–H groups in total. The topological polar surface area (TPSA) is 31.9 Å². The Labute approximate surface area is 157 Å². The van der Waals surface area contributed by atoms with Gasteiger partial charge in [-0.25, -0.2) is 4.98 Å². The molecular weight excluding hydrogens is 353 g/mol. The molecule has 0 aliphatic carbocycles. The van der Waals surface area contributed by atoms with Crippen LogP contribution in [0.15, 0.2) is 67.0 Å². The van der Waals surface area contributed by atoms with E-state index in [2.05, 4.69) is 39.2 Å². The Hall–Kier alpha value is -2.23. The third-order valence-corrected chi connectivity index (χ3v) is 4.40. The normalized spacial score (nSPS) is 11.1. The highest BCUT2D eigenvalue weighted by Gasteiger charge is 2.10. The van der Waals surface area contributed by atoms with Gasteiger partial charge in [-0.15, -0.1) is 0 Å². The summed E-state index contributed by atoms with van der Waals surface area (Å²) in [6, 6.07) is 15.8. The summed E-state index contributed by atoms with van der Waals surface area (Å²) in [5.74, 6) is 0.960. The van der Waals surface area contributed by atoms with Crippen molar-refractivity contribution in [1.29, 1.82) is 0 Å². The molecule has 0 amide bonds. The molecular formula is C20H19Cl2N3. The Kier molecular flexibility index (Phi) is 6.15. The standard InChI is InChI=1S/C20H19Cl2N3/c21-17-8-9-19(18(22)15-17)25(14-10-20-23-11-12-24-20)13-4-7-16-5-2-1-3-6-16/h1-9,11-12,15H,10,13-14H2,(H,23,24). The molecule has 3 aromatic rings. The minimum atomic E-state index is 0.638. The highest BCUT2D eigenvalue weighted by molar-refractivity contribution is 6.36. The fraction of sp³-hybridized carbons (Fsp3) is 0.150. The van der Waals surface area contributed by atoms with Gasteiger partial charge in [-0.05, 0) is 23.8 Å². The first kappa shape index (κ1) is 17.6. The van der Waals surface area contributed by atoms with Crippen LogP contribution in [0.2, 0.25) is 10.0 Å². The molecule has 0 spiro atoms. The average molecular weight is 372 g/mol. The summed E-state index contributed by atoms with van der Waals surface area (Å²) < 4.78 is 0. The van der Waals surface area contributed by atoms with Gasteiger partial charge in [0, 0.05) is 36.9 Å². The minimum Gasteiger partial charge on any atom is -0.366 e. The molecule has 25 heavy (non-hydrogen) atoms. The zero-order valence-corrected chi connectivity index (χ0v) is 15.2. The summed E-state index contributed by atoms with van der Waals surface area (Å²) >= 11 is 12.4. The summed E-state index contributed by atoms with van der Waals surface area (Å²) in [7, 11) is 0. The van der Waals surface area contributed by atoms with Gasteiger partial charge in [0.2, 0.25) is 0 Å². The lowest BCUT2D eigenvalue weighted by molar-refractivity contribution is 0.805. The molecule has 0 aliphatic rings. The van der Waals surface area contributed by atoms with E-state index in [1.807, 2.05) is 36.5 Å². The third-order valence-electron chi connectivity index (χ3n) is 3.86. The number of hydrogen-bond donors (Lipinski definition) is 1. The number of nitrogens with zero attached hydrogens (tertiary/aromatic N) is 2. The highest BCUT2D eigenvalue weighted by atomic mass is 35.5. The number of nitrogens with one attached hydrogen (secondary N) is 1. The zero-order valence-electron chi connectivity index (χ0n) is 13.7. The van der Waals surface area contributed by atoms with E-state index in [0.717, 1.165) is 31.0 Å². The van der Waals surface area contributed by atoms with Crippen molar-refractivity contribution in [2.75, 3.05) is 18.0 Å². The van der Waals surface area contributed by atoms with Gasteiger partial charge < -0.3 is 9.88 Å². The molecule has 0 saturated carbocycles. The second-order valence-electron chi connectivity index (χ2n) is 5.64. The molecule has 3 nitrogen and oxygen atoms in total. The van der Waals surface area contributed by atoms with Gasteiger partial charge in [0.15, 0.2) is 0 Å². The smallest absolute Gasteiger partial charge is 0.107 e. The molecule has 0 saturated heterocycles. The van der Waals surface area contributed by atoms with Crippen molar-refractivity contribution < 1.29 is 0 Å². The van der Waals surface area contributed by atoms with Crippen molar-refractivity contribution in [3.63, 3.8) is 0 Å². The van der Waals surface area contributed by atoms with Crippen LogP contribution in [-0.4, -0.2) is 23.1 Å². The summed E-state index contributed by atoms with van der Waals surface area (Å²) in [5, 5.41) is 1.29. The molecule has 1 heterocycles. The van der Waals surface area contributed by atoms with Crippen LogP contribution in [0.5, 0.6) is 0 Å². The fourth-order valence-electron chi connectivity index (χ4n) is 2.60. The minimum absolute atomic E-state index is 0.638. The molecule has 3 rings (SSSR count). The van der Waals surface area contributed by atoms with Gasteiger partial charge in [-0.3, -0.25) is 0 Å². The van der Waals surface area contributed by atoms with Crippen molar-refractivity contribution in [3.05, 3.63) is 88.4 Å². The monoisotopic (exact) mass is 371 g/mol. The summed E-state index contributed by atoms with van der Waals surface area (Å²) in [5.41, 5.74) is 2.14. The van der Waals surface area contributed by atoms with Crippen molar-refractivity contribution in [3.8, 4) is 0 Å². The maximum absolute atomic E-state index is 6.41. The van der Waals surface area contributed by atoms with Crippen LogP contribution in [-0.2, 0) is 6.42 Å². The number of aromatic amines is 1. The van der Waals surface area contributed by atoms with E-state index in [0.29, 0.717) is 10.0 Å². The van der Waals surface area contributed by atoms with Crippen LogP contribution in [0, 0.1) is 0 Å². The maximum Gasteiger partial charge on any atom is 0.107 e. The molecule has 0 radical (unpaired) electrons. The first-order valence-electron chi connectivity index (χ1n) is 8.12. The first-order valence-corrected chi connectivity index (χ1v) is 8.88. The summed E-state index contributed by atoms with van der Waals surface area (Å²) in [4.78, 5) is 9.65. The molecule has 2 aromatic carbocycles. The first-order chi connectivity index (χ1) is 12.2. The van der Waals surface area contributed by atoms with Gasteiger partial charge in [0.1, 0.15) is 5.82 Å². The number of imidazole rings is 1. The van der Waals surface area contributed by atoms with Crippen LogP contribution in [0.25, 0.3) is 6.08 Å². The molecule has 0 atom stereocenters. The van der Waals surface area contributed by atoms with E-state index in [1.54, 1.807) is 12.3 Å². The lowest BCUT2D eigenvalue weighted by Crippen LogP contribution is -2.26. The Morgan fingerprint density at radius 2 is 1.92 bits per heavy atom. The van der Waals surface area contributed by atoms with Gasteiger partial charge in [0.05, 0.1) is 10.7 Å². The van der Waals surface area contributed by atoms with E-state index in [1.165, 1.54) is 5.56 Å². The van der Waals surface area contributed by atoms with Crippen LogP contribution in [0.1, 0.15) is 11.4 Å². The van der Waals surface area contributed by atoms with Crippen LogP contribution >= 0.6 is 23.2 Å². The van der Waals surface area contributed by atoms with Crippen LogP contribution < -0.4 is 4.90 Å². The predicted octanol–water partition coefficient (Wildman–Crippen LogP) is 5.48. The highest BCUT2D eigenvalue weighted by Crippen LogP contribution is 2.29. The van der Waals surface area contributed by atoms with E-state index in [9.17, 15) is 0 Å². The van der Waals surface area contributed by atoms with E-state index < -0.39 is 0 Å². The Morgan fingerprint density at radius 3 is 2.64 bits per heavy atom. The number of halogens is 2. The van der Waals surface area contributed by atoms with Crippen LogP contribution in [0.3, 0.4) is 0 Å². The molecule has 5 heteroatoms. The number of anilines is 1. The molecule has 0 aliphatic heterocycles. The second kappa shape index (κ2) is 8.75. The number of aromatic nitrogens is 2. The Balaban J connectivity index is 1.74. The number of benzene rings is 2. The number of H-pyrrole nitrogens is 1. The lowest BCUT2D eigenvalue weighted by Gasteiger charge is -2.24. The predicted molar refractivity (Wildman–Crippen MR) is 106 cm³/mol. The second-order valence-corrected chi connectivity index (χ2v) is 6.48. The summed E-state index contributed by atoms with van der Waals surface area (Å²) in [6.45, 7) is 1.55. The van der Waals surface area contributed by atoms with Gasteiger partial charge in [-0.1, -0.05) is 65.7 Å². The molecule has 0 unspecified atom stereocenters. The van der Waals surface area contributed by atoms with E-state index in [4.69, 9.17) is 23.2 Å². The van der Waals surface area contributed by atoms with Crippen molar-refractivity contribution in [2.24, 2.45) is 0 Å². The Morgan fingerprint density at radius 1 is 1.08 bits per heavy atom. The average Bonchev–Trinajstić information content (AvgIpc) is 3.13. The number of rotatable bonds is 7. The van der Waals surface area contributed by atoms with E-state index in [-0.39, 0.29) is 0 Å². The fourth-order valence-corrected chi connectivity index (χ4v) is 3.13. The Bertz CT molecular complexity index is 814. The third kappa shape index (κ3) is 5.12. The number of hydrogen-bond acceptors (Lipinski definition) is 2. The zero-order chi connectivity index (χ0) is 17.5. The molecule has 128 valence electrons. The summed E-state index contributed by atoms with van der Waals surface area (Å²) in [6.07, 6.45) is 8.67. The van der Waals surface area contributed by atoms with Crippen molar-refractivity contribution in [2.45, 2.75) is 6.42 Å². The van der Waals surface area contributed by atoms with Crippen molar-refractivity contribution in [1.82, 2.24) is 9.97 Å². The quantitative estimate of drug-likeness (QED) is 0.596. The van der Waals surface area contributed by atoms with Crippen LogP contribution in [0.4, 0.5) is 5.69 Å². The largest absolute Gasteiger partial charge is 0.366 e. The molecule has 0 fully saturated rings. The van der Waals surface area contributed by atoms with Gasteiger partial charge >= 0.3 is 0 Å².